The average Bonchev–Trinajstić information content (AvgIpc) is 2.43. The van der Waals surface area contributed by atoms with Gasteiger partial charge in [0.1, 0.15) is 11.6 Å². The molecule has 1 aromatic carbocycles. The summed E-state index contributed by atoms with van der Waals surface area (Å²) >= 11 is 0. The summed E-state index contributed by atoms with van der Waals surface area (Å²) < 4.78 is 25.0. The van der Waals surface area contributed by atoms with E-state index in [0.29, 0.717) is 5.69 Å². The van der Waals surface area contributed by atoms with E-state index in [4.69, 9.17) is 5.73 Å². The lowest BCUT2D eigenvalue weighted by Gasteiger charge is -2.20. The van der Waals surface area contributed by atoms with E-state index >= 15 is 0 Å². The lowest BCUT2D eigenvalue weighted by atomic mass is 10.0. The van der Waals surface area contributed by atoms with E-state index in [0.717, 1.165) is 31.7 Å². The molecule has 1 unspecified atom stereocenters. The minimum absolute atomic E-state index is 0.0263. The number of carbonyl (C=O) groups is 1. The van der Waals surface area contributed by atoms with Crippen LogP contribution in [0.25, 0.3) is 0 Å². The molecule has 1 aliphatic rings. The van der Waals surface area contributed by atoms with E-state index in [1.165, 1.54) is 18.6 Å². The van der Waals surface area contributed by atoms with Crippen molar-refractivity contribution in [2.75, 3.05) is 16.8 Å². The van der Waals surface area contributed by atoms with Crippen LogP contribution in [0.1, 0.15) is 32.1 Å². The average molecular weight is 298 g/mol. The topological polar surface area (TPSA) is 72.2 Å². The third-order valence-electron chi connectivity index (χ3n) is 3.49. The number of rotatable bonds is 4. The van der Waals surface area contributed by atoms with Crippen molar-refractivity contribution in [2.45, 2.75) is 37.4 Å². The molecule has 0 aliphatic heterocycles. The van der Waals surface area contributed by atoms with E-state index in [-0.39, 0.29) is 22.6 Å². The van der Waals surface area contributed by atoms with E-state index in [9.17, 15) is 13.4 Å². The third kappa shape index (κ3) is 4.03. The monoisotopic (exact) mass is 298 g/mol. The van der Waals surface area contributed by atoms with Crippen LogP contribution < -0.4 is 11.1 Å². The normalized spacial score (nSPS) is 17.6. The lowest BCUT2D eigenvalue weighted by Crippen LogP contribution is -2.27. The largest absolute Gasteiger partial charge is 0.397 e. The summed E-state index contributed by atoms with van der Waals surface area (Å²) in [7, 11) is -1.15. The van der Waals surface area contributed by atoms with Gasteiger partial charge in [-0.25, -0.2) is 4.39 Å². The van der Waals surface area contributed by atoms with Gasteiger partial charge in [-0.15, -0.1) is 0 Å². The molecule has 110 valence electrons. The highest BCUT2D eigenvalue weighted by atomic mass is 32.2. The highest BCUT2D eigenvalue weighted by Crippen LogP contribution is 2.23. The number of amides is 1. The molecule has 0 heterocycles. The smallest absolute Gasteiger partial charge is 0.237 e. The Morgan fingerprint density at radius 3 is 2.70 bits per heavy atom. The molecule has 20 heavy (non-hydrogen) atoms. The maximum atomic E-state index is 12.9. The second-order valence-corrected chi connectivity index (χ2v) is 6.78. The molecule has 2 rings (SSSR count). The highest BCUT2D eigenvalue weighted by molar-refractivity contribution is 7.86. The lowest BCUT2D eigenvalue weighted by molar-refractivity contribution is -0.113. The number of halogens is 1. The number of benzene rings is 1. The van der Waals surface area contributed by atoms with Gasteiger partial charge >= 0.3 is 0 Å². The second-order valence-electron chi connectivity index (χ2n) is 5.06. The first-order valence-electron chi connectivity index (χ1n) is 6.78. The van der Waals surface area contributed by atoms with E-state index in [1.807, 2.05) is 0 Å². The summed E-state index contributed by atoms with van der Waals surface area (Å²) in [6, 6.07) is 3.78. The van der Waals surface area contributed by atoms with Gasteiger partial charge < -0.3 is 11.1 Å². The van der Waals surface area contributed by atoms with Crippen LogP contribution >= 0.6 is 0 Å². The molecular weight excluding hydrogens is 279 g/mol. The van der Waals surface area contributed by atoms with Gasteiger partial charge in [0.05, 0.1) is 11.4 Å². The predicted octanol–water partition coefficient (Wildman–Crippen LogP) is 2.43. The predicted molar refractivity (Wildman–Crippen MR) is 79.3 cm³/mol. The van der Waals surface area contributed by atoms with Crippen molar-refractivity contribution in [1.82, 2.24) is 0 Å². The number of nitrogens with two attached hydrogens (primary N) is 1. The number of hydrogen-bond acceptors (Lipinski definition) is 3. The standard InChI is InChI=1S/C14H19FN2O2S/c15-10-6-7-13(12(16)8-10)17-14(18)9-20(19)11-4-2-1-3-5-11/h6-8,11H,1-5,9,16H2,(H,17,18). The molecule has 1 atom stereocenters. The third-order valence-corrected chi connectivity index (χ3v) is 5.25. The van der Waals surface area contributed by atoms with Crippen molar-refractivity contribution in [3.8, 4) is 0 Å². The molecule has 1 aliphatic carbocycles. The molecule has 0 bridgehead atoms. The van der Waals surface area contributed by atoms with Crippen LogP contribution in [0.3, 0.4) is 0 Å². The Kier molecular flexibility index (Phi) is 5.11. The zero-order valence-corrected chi connectivity index (χ0v) is 12.0. The van der Waals surface area contributed by atoms with Gasteiger partial charge in [-0.1, -0.05) is 19.3 Å². The second kappa shape index (κ2) is 6.83. The Labute approximate surface area is 120 Å². The van der Waals surface area contributed by atoms with Crippen molar-refractivity contribution >= 4 is 28.1 Å². The molecule has 0 spiro atoms. The van der Waals surface area contributed by atoms with Crippen LogP contribution in [-0.2, 0) is 15.6 Å². The van der Waals surface area contributed by atoms with Crippen molar-refractivity contribution in [1.29, 1.82) is 0 Å². The van der Waals surface area contributed by atoms with E-state index in [2.05, 4.69) is 5.32 Å². The SMILES string of the molecule is Nc1cc(F)ccc1NC(=O)CS(=O)C1CCCCC1. The van der Waals surface area contributed by atoms with Crippen LogP contribution in [0, 0.1) is 5.82 Å². The fourth-order valence-corrected chi connectivity index (χ4v) is 3.83. The van der Waals surface area contributed by atoms with Crippen molar-refractivity contribution < 1.29 is 13.4 Å². The Balaban J connectivity index is 1.90. The van der Waals surface area contributed by atoms with Gasteiger partial charge in [0.25, 0.3) is 0 Å². The number of nitrogens with one attached hydrogen (secondary N) is 1. The molecule has 1 aromatic rings. The quantitative estimate of drug-likeness (QED) is 0.839. The number of hydrogen-bond donors (Lipinski definition) is 2. The molecule has 0 aromatic heterocycles. The molecule has 0 radical (unpaired) electrons. The highest BCUT2D eigenvalue weighted by Gasteiger charge is 2.22. The van der Waals surface area contributed by atoms with Crippen LogP contribution in [-0.4, -0.2) is 21.1 Å². The summed E-state index contributed by atoms with van der Waals surface area (Å²) in [4.78, 5) is 11.8. The zero-order valence-electron chi connectivity index (χ0n) is 11.2. The van der Waals surface area contributed by atoms with Crippen LogP contribution in [0.5, 0.6) is 0 Å². The summed E-state index contributed by atoms with van der Waals surface area (Å²) in [6.45, 7) is 0. The Morgan fingerprint density at radius 2 is 2.05 bits per heavy atom. The van der Waals surface area contributed by atoms with Crippen LogP contribution in [0.2, 0.25) is 0 Å². The van der Waals surface area contributed by atoms with Gasteiger partial charge in [-0.3, -0.25) is 9.00 Å². The molecule has 4 nitrogen and oxygen atoms in total. The first-order chi connectivity index (χ1) is 9.56. The van der Waals surface area contributed by atoms with Gasteiger partial charge in [0, 0.05) is 16.0 Å². The number of anilines is 2. The molecule has 6 heteroatoms. The molecular formula is C14H19FN2O2S. The van der Waals surface area contributed by atoms with E-state index in [1.54, 1.807) is 0 Å². The maximum Gasteiger partial charge on any atom is 0.237 e. The van der Waals surface area contributed by atoms with Gasteiger partial charge in [0.2, 0.25) is 5.91 Å². The Hall–Kier alpha value is -1.43. The van der Waals surface area contributed by atoms with Gasteiger partial charge in [-0.2, -0.15) is 0 Å². The maximum absolute atomic E-state index is 12.9. The summed E-state index contributed by atoms with van der Waals surface area (Å²) in [5, 5.41) is 2.71. The first kappa shape index (κ1) is 15.0. The fourth-order valence-electron chi connectivity index (χ4n) is 2.41. The molecule has 1 saturated carbocycles. The Bertz CT molecular complexity index is 516. The zero-order chi connectivity index (χ0) is 14.5. The van der Waals surface area contributed by atoms with Crippen molar-refractivity contribution in [3.63, 3.8) is 0 Å². The summed E-state index contributed by atoms with van der Waals surface area (Å²) in [5.41, 5.74) is 6.14. The molecule has 1 amide bonds. The Morgan fingerprint density at radius 1 is 1.35 bits per heavy atom. The van der Waals surface area contributed by atoms with Gasteiger partial charge in [-0.05, 0) is 31.0 Å². The van der Waals surface area contributed by atoms with Crippen LogP contribution in [0.15, 0.2) is 18.2 Å². The molecule has 0 saturated heterocycles. The van der Waals surface area contributed by atoms with Crippen LogP contribution in [0.4, 0.5) is 15.8 Å². The molecule has 1 fully saturated rings. The minimum Gasteiger partial charge on any atom is -0.397 e. The van der Waals surface area contributed by atoms with Gasteiger partial charge in [0.15, 0.2) is 0 Å². The minimum atomic E-state index is -1.15. The summed E-state index contributed by atoms with van der Waals surface area (Å²) in [5.74, 6) is -0.819. The summed E-state index contributed by atoms with van der Waals surface area (Å²) in [6.07, 6.45) is 5.22. The first-order valence-corrected chi connectivity index (χ1v) is 8.16. The number of nitrogen functional groups attached to an aromatic ring is 1. The van der Waals surface area contributed by atoms with E-state index < -0.39 is 16.6 Å². The van der Waals surface area contributed by atoms with Crippen molar-refractivity contribution in [3.05, 3.63) is 24.0 Å². The number of carbonyl (C=O) groups excluding carboxylic acids is 1. The fraction of sp³-hybridized carbons (Fsp3) is 0.500. The molecule has 3 N–H and O–H groups in total. The van der Waals surface area contributed by atoms with Crippen molar-refractivity contribution in [2.24, 2.45) is 0 Å².